The van der Waals surface area contributed by atoms with Crippen LogP contribution in [-0.2, 0) is 0 Å². The highest BCUT2D eigenvalue weighted by Crippen LogP contribution is 2.26. The molecule has 5 nitrogen and oxygen atoms in total. The molecule has 2 heterocycles. The van der Waals surface area contributed by atoms with E-state index in [0.29, 0.717) is 22.1 Å². The van der Waals surface area contributed by atoms with Crippen LogP contribution < -0.4 is 4.74 Å². The molecule has 16 heavy (non-hydrogen) atoms. The van der Waals surface area contributed by atoms with Crippen LogP contribution in [0.5, 0.6) is 5.19 Å². The van der Waals surface area contributed by atoms with Gasteiger partial charge in [-0.3, -0.25) is 0 Å². The molecule has 2 aromatic rings. The molecule has 6 heteroatoms. The number of nitrogens with one attached hydrogen (secondary N) is 1. The number of carboxylic acid groups (broad SMARTS) is 1. The summed E-state index contributed by atoms with van der Waals surface area (Å²) in [6.45, 7) is 1.74. The average Bonchev–Trinajstić information content (AvgIpc) is 2.83. The number of rotatable bonds is 3. The highest BCUT2D eigenvalue weighted by molar-refractivity contribution is 7.11. The van der Waals surface area contributed by atoms with E-state index >= 15 is 0 Å². The zero-order valence-corrected chi connectivity index (χ0v) is 9.59. The lowest BCUT2D eigenvalue weighted by Gasteiger charge is -1.91. The van der Waals surface area contributed by atoms with Gasteiger partial charge in [-0.1, -0.05) is 11.3 Å². The molecule has 0 aliphatic carbocycles. The van der Waals surface area contributed by atoms with Crippen molar-refractivity contribution < 1.29 is 14.6 Å². The molecule has 0 atom stereocenters. The van der Waals surface area contributed by atoms with E-state index in [-0.39, 0.29) is 5.69 Å². The maximum atomic E-state index is 10.9. The largest absolute Gasteiger partial charge is 0.477 e. The minimum absolute atomic E-state index is 0.196. The van der Waals surface area contributed by atoms with Crippen molar-refractivity contribution in [1.29, 1.82) is 0 Å². The maximum Gasteiger partial charge on any atom is 0.352 e. The Bertz CT molecular complexity index is 530. The second kappa shape index (κ2) is 3.97. The van der Waals surface area contributed by atoms with E-state index in [9.17, 15) is 4.79 Å². The number of hydrogen-bond donors (Lipinski definition) is 2. The molecule has 0 unspecified atom stereocenters. The first kappa shape index (κ1) is 10.7. The molecule has 2 aromatic heterocycles. The Labute approximate surface area is 95.7 Å². The highest BCUT2D eigenvalue weighted by Gasteiger charge is 2.14. The van der Waals surface area contributed by atoms with E-state index in [1.54, 1.807) is 20.1 Å². The summed E-state index contributed by atoms with van der Waals surface area (Å²) in [5.41, 5.74) is 2.27. The summed E-state index contributed by atoms with van der Waals surface area (Å²) in [6.07, 6.45) is 0. The van der Waals surface area contributed by atoms with Crippen LogP contribution in [0.4, 0.5) is 0 Å². The first-order valence-corrected chi connectivity index (χ1v) is 5.42. The van der Waals surface area contributed by atoms with Gasteiger partial charge in [0.2, 0.25) is 0 Å². The predicted octanol–water partition coefficient (Wildman–Crippen LogP) is 2.15. The molecule has 0 bridgehead atoms. The topological polar surface area (TPSA) is 75.2 Å². The second-order valence-corrected chi connectivity index (χ2v) is 4.07. The third-order valence-electron chi connectivity index (χ3n) is 2.16. The molecule has 0 saturated heterocycles. The number of methoxy groups -OCH3 is 1. The number of nitrogens with zero attached hydrogens (tertiary/aromatic N) is 1. The predicted molar refractivity (Wildman–Crippen MR) is 60.1 cm³/mol. The molecule has 0 spiro atoms. The van der Waals surface area contributed by atoms with Gasteiger partial charge in [0, 0.05) is 5.38 Å². The molecule has 2 rings (SSSR count). The molecule has 0 aliphatic heterocycles. The zero-order chi connectivity index (χ0) is 11.7. The number of carboxylic acids is 1. The fourth-order valence-corrected chi connectivity index (χ4v) is 2.03. The number of ether oxygens (including phenoxy) is 1. The summed E-state index contributed by atoms with van der Waals surface area (Å²) >= 11 is 1.37. The molecular weight excluding hydrogens is 228 g/mol. The minimum Gasteiger partial charge on any atom is -0.477 e. The van der Waals surface area contributed by atoms with Gasteiger partial charge < -0.3 is 14.8 Å². The third-order valence-corrected chi connectivity index (χ3v) is 2.96. The molecule has 84 valence electrons. The summed E-state index contributed by atoms with van der Waals surface area (Å²) < 4.78 is 4.98. The van der Waals surface area contributed by atoms with Crippen LogP contribution in [0.15, 0.2) is 11.4 Å². The Kier molecular flexibility index (Phi) is 2.66. The van der Waals surface area contributed by atoms with E-state index in [4.69, 9.17) is 9.84 Å². The SMILES string of the molecule is COc1nc(-c2cc(C)c(C(=O)O)[nH]2)cs1. The van der Waals surface area contributed by atoms with Crippen molar-refractivity contribution in [2.45, 2.75) is 6.92 Å². The summed E-state index contributed by atoms with van der Waals surface area (Å²) in [4.78, 5) is 17.9. The lowest BCUT2D eigenvalue weighted by molar-refractivity contribution is 0.0690. The van der Waals surface area contributed by atoms with Crippen molar-refractivity contribution in [2.24, 2.45) is 0 Å². The number of aromatic amines is 1. The first-order chi connectivity index (χ1) is 7.61. The van der Waals surface area contributed by atoms with Crippen LogP contribution in [0.2, 0.25) is 0 Å². The zero-order valence-electron chi connectivity index (χ0n) is 8.77. The minimum atomic E-state index is -0.967. The normalized spacial score (nSPS) is 10.4. The number of aromatic nitrogens is 2. The Morgan fingerprint density at radius 3 is 2.88 bits per heavy atom. The van der Waals surface area contributed by atoms with Crippen molar-refractivity contribution in [3.05, 3.63) is 22.7 Å². The Morgan fingerprint density at radius 1 is 1.62 bits per heavy atom. The third kappa shape index (κ3) is 1.79. The monoisotopic (exact) mass is 238 g/mol. The van der Waals surface area contributed by atoms with Gasteiger partial charge >= 0.3 is 5.97 Å². The highest BCUT2D eigenvalue weighted by atomic mass is 32.1. The Balaban J connectivity index is 2.41. The van der Waals surface area contributed by atoms with E-state index < -0.39 is 5.97 Å². The molecule has 2 N–H and O–H groups in total. The molecule has 0 fully saturated rings. The molecule has 0 amide bonds. The van der Waals surface area contributed by atoms with Crippen LogP contribution in [0, 0.1) is 6.92 Å². The number of thiazole rings is 1. The Morgan fingerprint density at radius 2 is 2.38 bits per heavy atom. The van der Waals surface area contributed by atoms with E-state index in [2.05, 4.69) is 9.97 Å². The Hall–Kier alpha value is -1.82. The van der Waals surface area contributed by atoms with Crippen molar-refractivity contribution in [2.75, 3.05) is 7.11 Å². The van der Waals surface area contributed by atoms with Gasteiger partial charge in [0.05, 0.1) is 12.8 Å². The molecular formula is C10H10N2O3S. The molecule has 0 saturated carbocycles. The van der Waals surface area contributed by atoms with Gasteiger partial charge in [-0.25, -0.2) is 9.78 Å². The number of hydrogen-bond acceptors (Lipinski definition) is 4. The summed E-state index contributed by atoms with van der Waals surface area (Å²) in [5, 5.41) is 11.3. The van der Waals surface area contributed by atoms with Gasteiger partial charge in [-0.05, 0) is 18.6 Å². The number of aryl methyl sites for hydroxylation is 1. The van der Waals surface area contributed by atoms with Crippen LogP contribution in [0.1, 0.15) is 16.1 Å². The van der Waals surface area contributed by atoms with Crippen molar-refractivity contribution in [1.82, 2.24) is 9.97 Å². The van der Waals surface area contributed by atoms with Gasteiger partial charge in [-0.15, -0.1) is 0 Å². The average molecular weight is 238 g/mol. The van der Waals surface area contributed by atoms with Crippen LogP contribution in [0.3, 0.4) is 0 Å². The number of aromatic carboxylic acids is 1. The molecule has 0 aliphatic rings. The molecule has 0 radical (unpaired) electrons. The lowest BCUT2D eigenvalue weighted by atomic mass is 10.2. The summed E-state index contributed by atoms with van der Waals surface area (Å²) in [7, 11) is 1.55. The van der Waals surface area contributed by atoms with Gasteiger partial charge in [0.1, 0.15) is 11.4 Å². The maximum absolute atomic E-state index is 10.9. The van der Waals surface area contributed by atoms with Gasteiger partial charge in [-0.2, -0.15) is 0 Å². The van der Waals surface area contributed by atoms with Crippen molar-refractivity contribution in [3.63, 3.8) is 0 Å². The van der Waals surface area contributed by atoms with Crippen molar-refractivity contribution in [3.8, 4) is 16.6 Å². The van der Waals surface area contributed by atoms with E-state index in [1.807, 2.05) is 5.38 Å². The molecule has 0 aromatic carbocycles. The summed E-state index contributed by atoms with van der Waals surface area (Å²) in [5.74, 6) is -0.967. The first-order valence-electron chi connectivity index (χ1n) is 4.54. The fourth-order valence-electron chi connectivity index (χ4n) is 1.39. The van der Waals surface area contributed by atoms with E-state index in [0.717, 1.165) is 0 Å². The quantitative estimate of drug-likeness (QED) is 0.859. The van der Waals surface area contributed by atoms with Crippen LogP contribution in [0.25, 0.3) is 11.4 Å². The van der Waals surface area contributed by atoms with Gasteiger partial charge in [0.25, 0.3) is 5.19 Å². The smallest absolute Gasteiger partial charge is 0.352 e. The van der Waals surface area contributed by atoms with Gasteiger partial charge in [0.15, 0.2) is 0 Å². The van der Waals surface area contributed by atoms with Crippen LogP contribution >= 0.6 is 11.3 Å². The van der Waals surface area contributed by atoms with Crippen LogP contribution in [-0.4, -0.2) is 28.2 Å². The number of carbonyl (C=O) groups is 1. The summed E-state index contributed by atoms with van der Waals surface area (Å²) in [6, 6.07) is 1.76. The lowest BCUT2D eigenvalue weighted by Crippen LogP contribution is -1.98. The number of H-pyrrole nitrogens is 1. The fraction of sp³-hybridized carbons (Fsp3) is 0.200. The van der Waals surface area contributed by atoms with E-state index in [1.165, 1.54) is 11.3 Å². The standard InChI is InChI=1S/C10H10N2O3S/c1-5-3-6(11-8(5)9(13)14)7-4-16-10(12-7)15-2/h3-4,11H,1-2H3,(H,13,14). The van der Waals surface area contributed by atoms with Crippen molar-refractivity contribution >= 4 is 17.3 Å². The second-order valence-electron chi connectivity index (χ2n) is 3.25.